The molecule has 2 rings (SSSR count). The second kappa shape index (κ2) is 6.45. The number of rotatable bonds is 5. The van der Waals surface area contributed by atoms with E-state index in [1.54, 1.807) is 6.20 Å². The molecule has 0 spiro atoms. The van der Waals surface area contributed by atoms with E-state index < -0.39 is 0 Å². The predicted octanol–water partition coefficient (Wildman–Crippen LogP) is 2.75. The van der Waals surface area contributed by atoms with Gasteiger partial charge in [-0.1, -0.05) is 32.1 Å². The van der Waals surface area contributed by atoms with Crippen LogP contribution in [0.5, 0.6) is 0 Å². The standard InChI is InChI=1S/C13H22N4/c14-17-13-10-12(7-9-16-13)15-8-6-11-4-2-1-3-5-11/h7,9-11H,1-6,8,14H2,(H2,15,16,17). The molecule has 4 heteroatoms. The molecule has 0 aliphatic heterocycles. The number of nitrogens with zero attached hydrogens (tertiary/aromatic N) is 1. The maximum atomic E-state index is 5.32. The molecule has 1 aliphatic rings. The Bertz CT molecular complexity index is 334. The maximum absolute atomic E-state index is 5.32. The summed E-state index contributed by atoms with van der Waals surface area (Å²) < 4.78 is 0. The number of pyridine rings is 1. The molecule has 0 bridgehead atoms. The van der Waals surface area contributed by atoms with Crippen LogP contribution in [0.3, 0.4) is 0 Å². The first-order valence-corrected chi connectivity index (χ1v) is 6.55. The van der Waals surface area contributed by atoms with Crippen LogP contribution in [-0.2, 0) is 0 Å². The van der Waals surface area contributed by atoms with E-state index in [0.29, 0.717) is 5.82 Å². The molecule has 1 aromatic heterocycles. The van der Waals surface area contributed by atoms with E-state index in [9.17, 15) is 0 Å². The zero-order chi connectivity index (χ0) is 11.9. The Hall–Kier alpha value is -1.29. The van der Waals surface area contributed by atoms with Gasteiger partial charge in [-0.25, -0.2) is 10.8 Å². The van der Waals surface area contributed by atoms with E-state index in [-0.39, 0.29) is 0 Å². The fourth-order valence-electron chi connectivity index (χ4n) is 2.52. The molecular weight excluding hydrogens is 212 g/mol. The Labute approximate surface area is 103 Å². The Morgan fingerprint density at radius 3 is 2.88 bits per heavy atom. The summed E-state index contributed by atoms with van der Waals surface area (Å²) in [5.41, 5.74) is 3.64. The molecule has 4 N–H and O–H groups in total. The van der Waals surface area contributed by atoms with Crippen molar-refractivity contribution in [1.29, 1.82) is 0 Å². The van der Waals surface area contributed by atoms with E-state index in [2.05, 4.69) is 15.7 Å². The van der Waals surface area contributed by atoms with E-state index in [0.717, 1.165) is 18.2 Å². The fraction of sp³-hybridized carbons (Fsp3) is 0.615. The van der Waals surface area contributed by atoms with Crippen LogP contribution in [0.2, 0.25) is 0 Å². The summed E-state index contributed by atoms with van der Waals surface area (Å²) in [7, 11) is 0. The number of nitrogen functional groups attached to an aromatic ring is 1. The zero-order valence-corrected chi connectivity index (χ0v) is 10.3. The summed E-state index contributed by atoms with van der Waals surface area (Å²) in [5, 5.41) is 3.43. The van der Waals surface area contributed by atoms with Crippen LogP contribution in [0.4, 0.5) is 11.5 Å². The molecule has 1 aromatic rings. The summed E-state index contributed by atoms with van der Waals surface area (Å²) in [6.07, 6.45) is 10.1. The summed E-state index contributed by atoms with van der Waals surface area (Å²) in [6, 6.07) is 3.91. The third-order valence-electron chi connectivity index (χ3n) is 3.51. The van der Waals surface area contributed by atoms with Crippen molar-refractivity contribution in [3.8, 4) is 0 Å². The van der Waals surface area contributed by atoms with Crippen LogP contribution in [0.1, 0.15) is 38.5 Å². The predicted molar refractivity (Wildman–Crippen MR) is 71.7 cm³/mol. The van der Waals surface area contributed by atoms with Gasteiger partial charge in [0, 0.05) is 24.5 Å². The first kappa shape index (κ1) is 12.2. The van der Waals surface area contributed by atoms with Crippen molar-refractivity contribution in [1.82, 2.24) is 4.98 Å². The molecule has 94 valence electrons. The van der Waals surface area contributed by atoms with Crippen LogP contribution < -0.4 is 16.6 Å². The number of anilines is 2. The molecule has 1 saturated carbocycles. The largest absolute Gasteiger partial charge is 0.385 e. The Morgan fingerprint density at radius 1 is 1.29 bits per heavy atom. The lowest BCUT2D eigenvalue weighted by molar-refractivity contribution is 0.345. The maximum Gasteiger partial charge on any atom is 0.141 e. The first-order valence-electron chi connectivity index (χ1n) is 6.55. The van der Waals surface area contributed by atoms with Crippen LogP contribution in [0.25, 0.3) is 0 Å². The zero-order valence-electron chi connectivity index (χ0n) is 10.3. The highest BCUT2D eigenvalue weighted by Crippen LogP contribution is 2.26. The second-order valence-electron chi connectivity index (χ2n) is 4.79. The van der Waals surface area contributed by atoms with Crippen LogP contribution in [0.15, 0.2) is 18.3 Å². The van der Waals surface area contributed by atoms with Crippen molar-refractivity contribution in [2.45, 2.75) is 38.5 Å². The van der Waals surface area contributed by atoms with Crippen molar-refractivity contribution < 1.29 is 0 Å². The number of nitrogens with one attached hydrogen (secondary N) is 2. The molecule has 1 fully saturated rings. The third kappa shape index (κ3) is 3.89. The molecule has 17 heavy (non-hydrogen) atoms. The summed E-state index contributed by atoms with van der Waals surface area (Å²) in [4.78, 5) is 4.08. The fourth-order valence-corrected chi connectivity index (χ4v) is 2.52. The molecular formula is C13H22N4. The normalized spacial score (nSPS) is 16.8. The third-order valence-corrected chi connectivity index (χ3v) is 3.51. The van der Waals surface area contributed by atoms with E-state index in [1.165, 1.54) is 38.5 Å². The Balaban J connectivity index is 1.73. The monoisotopic (exact) mass is 234 g/mol. The highest BCUT2D eigenvalue weighted by Gasteiger charge is 2.12. The highest BCUT2D eigenvalue weighted by molar-refractivity contribution is 5.51. The number of aromatic nitrogens is 1. The van der Waals surface area contributed by atoms with Gasteiger partial charge in [0.1, 0.15) is 5.82 Å². The van der Waals surface area contributed by atoms with Gasteiger partial charge in [-0.15, -0.1) is 0 Å². The minimum atomic E-state index is 0.702. The van der Waals surface area contributed by atoms with Gasteiger partial charge in [0.25, 0.3) is 0 Å². The lowest BCUT2D eigenvalue weighted by Gasteiger charge is -2.21. The van der Waals surface area contributed by atoms with Gasteiger partial charge in [-0.05, 0) is 18.4 Å². The van der Waals surface area contributed by atoms with Gasteiger partial charge in [0.15, 0.2) is 0 Å². The first-order chi connectivity index (χ1) is 8.38. The van der Waals surface area contributed by atoms with Gasteiger partial charge >= 0.3 is 0 Å². The number of nitrogens with two attached hydrogens (primary N) is 1. The molecule has 1 heterocycles. The number of hydrogen-bond donors (Lipinski definition) is 3. The van der Waals surface area contributed by atoms with E-state index >= 15 is 0 Å². The molecule has 4 nitrogen and oxygen atoms in total. The summed E-state index contributed by atoms with van der Waals surface area (Å²) in [6.45, 7) is 1.04. The van der Waals surface area contributed by atoms with Gasteiger partial charge in [-0.3, -0.25) is 0 Å². The van der Waals surface area contributed by atoms with Crippen molar-refractivity contribution in [3.05, 3.63) is 18.3 Å². The molecule has 0 atom stereocenters. The quantitative estimate of drug-likeness (QED) is 0.541. The SMILES string of the molecule is NNc1cc(NCCC2CCCCC2)ccn1. The Morgan fingerprint density at radius 2 is 2.12 bits per heavy atom. The van der Waals surface area contributed by atoms with E-state index in [1.807, 2.05) is 12.1 Å². The minimum absolute atomic E-state index is 0.702. The molecule has 0 unspecified atom stereocenters. The average Bonchev–Trinajstić information content (AvgIpc) is 2.40. The number of hydrazine groups is 1. The van der Waals surface area contributed by atoms with Gasteiger partial charge in [-0.2, -0.15) is 0 Å². The molecule has 0 radical (unpaired) electrons. The van der Waals surface area contributed by atoms with E-state index in [4.69, 9.17) is 5.84 Å². The lowest BCUT2D eigenvalue weighted by Crippen LogP contribution is -2.13. The second-order valence-corrected chi connectivity index (χ2v) is 4.79. The molecule has 0 saturated heterocycles. The van der Waals surface area contributed by atoms with Crippen molar-refractivity contribution in [2.24, 2.45) is 11.8 Å². The van der Waals surface area contributed by atoms with Gasteiger partial charge in [0.2, 0.25) is 0 Å². The molecule has 0 amide bonds. The lowest BCUT2D eigenvalue weighted by atomic mass is 9.87. The van der Waals surface area contributed by atoms with Crippen molar-refractivity contribution in [2.75, 3.05) is 17.3 Å². The van der Waals surface area contributed by atoms with Gasteiger partial charge in [0.05, 0.1) is 0 Å². The number of hydrogen-bond acceptors (Lipinski definition) is 4. The van der Waals surface area contributed by atoms with Gasteiger partial charge < -0.3 is 10.7 Å². The van der Waals surface area contributed by atoms with Crippen molar-refractivity contribution >= 4 is 11.5 Å². The van der Waals surface area contributed by atoms with Crippen LogP contribution in [-0.4, -0.2) is 11.5 Å². The average molecular weight is 234 g/mol. The van der Waals surface area contributed by atoms with Crippen LogP contribution >= 0.6 is 0 Å². The summed E-state index contributed by atoms with van der Waals surface area (Å²) in [5.74, 6) is 6.95. The minimum Gasteiger partial charge on any atom is -0.385 e. The summed E-state index contributed by atoms with van der Waals surface area (Å²) >= 11 is 0. The molecule has 1 aliphatic carbocycles. The topological polar surface area (TPSA) is 63.0 Å². The van der Waals surface area contributed by atoms with Crippen molar-refractivity contribution in [3.63, 3.8) is 0 Å². The highest BCUT2D eigenvalue weighted by atomic mass is 15.2. The van der Waals surface area contributed by atoms with Crippen LogP contribution in [0, 0.1) is 5.92 Å². The molecule has 0 aromatic carbocycles. The Kier molecular flexibility index (Phi) is 4.62. The smallest absolute Gasteiger partial charge is 0.141 e.